The molecule has 340 valence electrons. The number of ether oxygens (including phenoxy) is 2. The van der Waals surface area contributed by atoms with Crippen LogP contribution in [0.1, 0.15) is 181 Å². The van der Waals surface area contributed by atoms with E-state index in [4.69, 9.17) is 9.47 Å². The molecule has 6 N–H and O–H groups in total. The third-order valence-corrected chi connectivity index (χ3v) is 10.8. The van der Waals surface area contributed by atoms with Crippen LogP contribution in [0.5, 0.6) is 0 Å². The molecule has 1 amide bonds. The van der Waals surface area contributed by atoms with Crippen LogP contribution in [0.15, 0.2) is 72.9 Å². The van der Waals surface area contributed by atoms with Crippen molar-refractivity contribution in [3.63, 3.8) is 0 Å². The Kier molecular flexibility index (Phi) is 36.8. The average Bonchev–Trinajstić information content (AvgIpc) is 3.23. The summed E-state index contributed by atoms with van der Waals surface area (Å²) in [5, 5.41) is 54.1. The molecule has 0 radical (unpaired) electrons. The first-order valence-corrected chi connectivity index (χ1v) is 23.7. The maximum Gasteiger partial charge on any atom is 0.220 e. The van der Waals surface area contributed by atoms with Gasteiger partial charge in [-0.15, -0.1) is 0 Å². The number of aliphatic hydroxyl groups is 5. The molecular formula is C50H87NO8. The van der Waals surface area contributed by atoms with E-state index >= 15 is 0 Å². The molecule has 1 fully saturated rings. The number of amides is 1. The number of unbranched alkanes of at least 4 members (excludes halogenated alkanes) is 18. The summed E-state index contributed by atoms with van der Waals surface area (Å²) in [6.07, 6.45) is 46.7. The summed E-state index contributed by atoms with van der Waals surface area (Å²) in [5.74, 6) is -0.194. The highest BCUT2D eigenvalue weighted by atomic mass is 16.7. The van der Waals surface area contributed by atoms with Crippen molar-refractivity contribution in [2.24, 2.45) is 0 Å². The molecule has 1 rings (SSSR count). The van der Waals surface area contributed by atoms with Crippen molar-refractivity contribution < 1.29 is 39.8 Å². The lowest BCUT2D eigenvalue weighted by Gasteiger charge is -2.40. The van der Waals surface area contributed by atoms with E-state index in [0.717, 1.165) is 64.2 Å². The molecule has 1 aliphatic heterocycles. The van der Waals surface area contributed by atoms with E-state index in [0.29, 0.717) is 6.42 Å². The fourth-order valence-electron chi connectivity index (χ4n) is 6.98. The molecule has 1 aliphatic rings. The zero-order chi connectivity index (χ0) is 43.0. The normalized spacial score (nSPS) is 21.4. The van der Waals surface area contributed by atoms with Crippen LogP contribution in [0.25, 0.3) is 0 Å². The van der Waals surface area contributed by atoms with E-state index in [-0.39, 0.29) is 12.5 Å². The average molecular weight is 830 g/mol. The maximum atomic E-state index is 13.0. The second kappa shape index (κ2) is 39.7. The van der Waals surface area contributed by atoms with Crippen LogP contribution in [-0.4, -0.2) is 87.5 Å². The van der Waals surface area contributed by atoms with Crippen LogP contribution in [-0.2, 0) is 14.3 Å². The number of aliphatic hydroxyl groups excluding tert-OH is 5. The first-order chi connectivity index (χ1) is 28.8. The van der Waals surface area contributed by atoms with Gasteiger partial charge in [-0.25, -0.2) is 0 Å². The number of hydrogen-bond donors (Lipinski definition) is 6. The third kappa shape index (κ3) is 30.3. The van der Waals surface area contributed by atoms with Crippen molar-refractivity contribution in [3.05, 3.63) is 72.9 Å². The smallest absolute Gasteiger partial charge is 0.220 e. The van der Waals surface area contributed by atoms with Crippen LogP contribution < -0.4 is 5.32 Å². The summed E-state index contributed by atoms with van der Waals surface area (Å²) < 4.78 is 11.2. The molecule has 0 aromatic rings. The summed E-state index contributed by atoms with van der Waals surface area (Å²) in [6.45, 7) is 3.60. The van der Waals surface area contributed by atoms with Crippen molar-refractivity contribution in [3.8, 4) is 0 Å². The van der Waals surface area contributed by atoms with Crippen LogP contribution in [0.4, 0.5) is 0 Å². The van der Waals surface area contributed by atoms with E-state index in [1.807, 2.05) is 6.08 Å². The third-order valence-electron chi connectivity index (χ3n) is 10.8. The Morgan fingerprint density at radius 1 is 0.593 bits per heavy atom. The topological polar surface area (TPSA) is 149 Å². The molecule has 0 bridgehead atoms. The van der Waals surface area contributed by atoms with E-state index in [9.17, 15) is 30.3 Å². The molecule has 9 heteroatoms. The van der Waals surface area contributed by atoms with E-state index in [1.165, 1.54) is 96.3 Å². The maximum absolute atomic E-state index is 13.0. The van der Waals surface area contributed by atoms with Crippen molar-refractivity contribution in [1.82, 2.24) is 5.32 Å². The zero-order valence-corrected chi connectivity index (χ0v) is 37.2. The second-order valence-electron chi connectivity index (χ2n) is 16.2. The molecule has 7 unspecified atom stereocenters. The monoisotopic (exact) mass is 830 g/mol. The van der Waals surface area contributed by atoms with Crippen LogP contribution >= 0.6 is 0 Å². The lowest BCUT2D eigenvalue weighted by atomic mass is 9.99. The standard InChI is InChI=1S/C50H87NO8/c1-3-5-7-9-11-13-15-16-17-18-19-20-21-22-23-24-25-26-27-28-30-32-34-36-38-40-46(54)51-43(42-58-50-49(57)48(56)47(55)45(41-52)59-50)44(53)39-37-35-33-31-29-14-12-10-8-6-4-2/h5,7,11,13,16-17,19-20,29,31,37,39,43-45,47-50,52-53,55-57H,3-4,6,8-10,12,14-15,18,21-28,30,32-36,38,40-42H2,1-2H3,(H,51,54)/b7-5-,13-11-,17-16-,20-19-,31-29+,39-37+. The van der Waals surface area contributed by atoms with Crippen molar-refractivity contribution >= 4 is 5.91 Å². The van der Waals surface area contributed by atoms with Crippen LogP contribution in [0.2, 0.25) is 0 Å². The Labute approximate surface area is 359 Å². The van der Waals surface area contributed by atoms with Gasteiger partial charge in [0.25, 0.3) is 0 Å². The van der Waals surface area contributed by atoms with Gasteiger partial charge >= 0.3 is 0 Å². The van der Waals surface area contributed by atoms with Gasteiger partial charge in [-0.1, -0.05) is 177 Å². The second-order valence-corrected chi connectivity index (χ2v) is 16.2. The van der Waals surface area contributed by atoms with Gasteiger partial charge in [0, 0.05) is 6.42 Å². The van der Waals surface area contributed by atoms with E-state index in [2.05, 4.69) is 79.9 Å². The number of carbonyl (C=O) groups is 1. The first-order valence-electron chi connectivity index (χ1n) is 23.7. The Morgan fingerprint density at radius 3 is 1.63 bits per heavy atom. The summed E-state index contributed by atoms with van der Waals surface area (Å²) in [5.41, 5.74) is 0. The van der Waals surface area contributed by atoms with Gasteiger partial charge in [0.2, 0.25) is 5.91 Å². The Hall–Kier alpha value is -2.37. The minimum absolute atomic E-state index is 0.194. The number of carbonyl (C=O) groups excluding carboxylic acids is 1. The van der Waals surface area contributed by atoms with Gasteiger partial charge in [-0.05, 0) is 70.6 Å². The summed E-state index contributed by atoms with van der Waals surface area (Å²) in [7, 11) is 0. The quantitative estimate of drug-likeness (QED) is 0.0266. The van der Waals surface area contributed by atoms with Crippen molar-refractivity contribution in [2.75, 3.05) is 13.2 Å². The molecule has 0 aromatic carbocycles. The van der Waals surface area contributed by atoms with Gasteiger partial charge < -0.3 is 40.3 Å². The number of allylic oxidation sites excluding steroid dienone is 11. The number of hydrogen-bond acceptors (Lipinski definition) is 8. The van der Waals surface area contributed by atoms with Crippen LogP contribution in [0, 0.1) is 0 Å². The summed E-state index contributed by atoms with van der Waals surface area (Å²) >= 11 is 0. The number of nitrogens with one attached hydrogen (secondary N) is 1. The first kappa shape index (κ1) is 54.6. The molecule has 0 aromatic heterocycles. The lowest BCUT2D eigenvalue weighted by molar-refractivity contribution is -0.302. The van der Waals surface area contributed by atoms with Gasteiger partial charge in [-0.3, -0.25) is 4.79 Å². The predicted octanol–water partition coefficient (Wildman–Crippen LogP) is 10.2. The van der Waals surface area contributed by atoms with Gasteiger partial charge in [0.1, 0.15) is 24.4 Å². The zero-order valence-electron chi connectivity index (χ0n) is 37.2. The highest BCUT2D eigenvalue weighted by Gasteiger charge is 2.44. The van der Waals surface area contributed by atoms with Crippen molar-refractivity contribution in [1.29, 1.82) is 0 Å². The largest absolute Gasteiger partial charge is 0.394 e. The molecule has 0 spiro atoms. The Bertz CT molecular complexity index is 1150. The molecule has 0 aliphatic carbocycles. The number of rotatable bonds is 38. The lowest BCUT2D eigenvalue weighted by Crippen LogP contribution is -2.60. The van der Waals surface area contributed by atoms with Gasteiger partial charge in [-0.2, -0.15) is 0 Å². The van der Waals surface area contributed by atoms with E-state index in [1.54, 1.807) is 6.08 Å². The molecule has 9 nitrogen and oxygen atoms in total. The molecular weight excluding hydrogens is 743 g/mol. The predicted molar refractivity (Wildman–Crippen MR) is 244 cm³/mol. The molecule has 1 heterocycles. The Balaban J connectivity index is 2.26. The molecule has 0 saturated carbocycles. The molecule has 59 heavy (non-hydrogen) atoms. The minimum Gasteiger partial charge on any atom is -0.394 e. The molecule has 1 saturated heterocycles. The van der Waals surface area contributed by atoms with Gasteiger partial charge in [0.15, 0.2) is 6.29 Å². The summed E-state index contributed by atoms with van der Waals surface area (Å²) in [6, 6.07) is -0.824. The van der Waals surface area contributed by atoms with Crippen LogP contribution in [0.3, 0.4) is 0 Å². The minimum atomic E-state index is -1.57. The fraction of sp³-hybridized carbons (Fsp3) is 0.740. The SMILES string of the molecule is CC/C=C\C/C=C\C/C=C\C/C=C\CCCCCCCCCCCCCCC(=O)NC(COC1OC(CO)C(O)C(O)C1O)C(O)/C=C/CC/C=C/CCCCCCC. The van der Waals surface area contributed by atoms with Gasteiger partial charge in [0.05, 0.1) is 25.4 Å². The van der Waals surface area contributed by atoms with E-state index < -0.39 is 49.5 Å². The highest BCUT2D eigenvalue weighted by molar-refractivity contribution is 5.76. The fourth-order valence-corrected chi connectivity index (χ4v) is 6.98. The summed E-state index contributed by atoms with van der Waals surface area (Å²) in [4.78, 5) is 13.0. The van der Waals surface area contributed by atoms with Crippen molar-refractivity contribution in [2.45, 2.75) is 224 Å². The molecule has 7 atom stereocenters. The highest BCUT2D eigenvalue weighted by Crippen LogP contribution is 2.22. The Morgan fingerprint density at radius 2 is 1.07 bits per heavy atom.